The van der Waals surface area contributed by atoms with Gasteiger partial charge in [0.05, 0.1) is 24.4 Å². The zero-order valence-corrected chi connectivity index (χ0v) is 14.4. The highest BCUT2D eigenvalue weighted by atomic mass is 32.1. The quantitative estimate of drug-likeness (QED) is 0.723. The topological polar surface area (TPSA) is 90.3 Å². The molecular formula is C17H15N3O4S. The lowest BCUT2D eigenvalue weighted by atomic mass is 10.2. The number of nitrogens with zero attached hydrogens (tertiary/aromatic N) is 2. The molecule has 0 saturated heterocycles. The maximum atomic E-state index is 12.4. The largest absolute Gasteiger partial charge is 0.465 e. The minimum Gasteiger partial charge on any atom is -0.465 e. The maximum Gasteiger partial charge on any atom is 0.337 e. The van der Waals surface area contributed by atoms with Gasteiger partial charge in [0.1, 0.15) is 11.4 Å². The summed E-state index contributed by atoms with van der Waals surface area (Å²) in [5.41, 5.74) is 0.517. The van der Waals surface area contributed by atoms with Gasteiger partial charge in [-0.1, -0.05) is 6.07 Å². The van der Waals surface area contributed by atoms with Crippen LogP contribution in [0.2, 0.25) is 0 Å². The smallest absolute Gasteiger partial charge is 0.337 e. The van der Waals surface area contributed by atoms with Crippen LogP contribution in [0, 0.1) is 6.92 Å². The number of nitrogens with one attached hydrogen (secondary N) is 1. The highest BCUT2D eigenvalue weighted by Crippen LogP contribution is 2.19. The first kappa shape index (κ1) is 16.8. The maximum absolute atomic E-state index is 12.4. The van der Waals surface area contributed by atoms with Crippen LogP contribution < -0.4 is 10.9 Å². The molecule has 8 heteroatoms. The van der Waals surface area contributed by atoms with Crippen molar-refractivity contribution in [2.75, 3.05) is 12.4 Å². The standard InChI is InChI=1S/C17H15N3O4S/c1-10-6-13-15(25-10)18-9-20(16(13)22)8-14(21)19-12-5-3-4-11(7-12)17(23)24-2/h3-7,9H,8H2,1-2H3,(H,19,21). The Morgan fingerprint density at radius 3 is 2.88 bits per heavy atom. The van der Waals surface area contributed by atoms with E-state index in [9.17, 15) is 14.4 Å². The molecule has 3 aromatic rings. The van der Waals surface area contributed by atoms with Crippen molar-refractivity contribution < 1.29 is 14.3 Å². The number of fused-ring (bicyclic) bond motifs is 1. The van der Waals surface area contributed by atoms with Crippen LogP contribution in [0.1, 0.15) is 15.2 Å². The lowest BCUT2D eigenvalue weighted by molar-refractivity contribution is -0.116. The summed E-state index contributed by atoms with van der Waals surface area (Å²) in [5.74, 6) is -0.882. The van der Waals surface area contributed by atoms with E-state index in [1.165, 1.54) is 35.4 Å². The van der Waals surface area contributed by atoms with Gasteiger partial charge in [0, 0.05) is 10.6 Å². The molecule has 0 fully saturated rings. The summed E-state index contributed by atoms with van der Waals surface area (Å²) in [6.07, 6.45) is 1.37. The number of ether oxygens (including phenoxy) is 1. The van der Waals surface area contributed by atoms with Crippen molar-refractivity contribution in [1.29, 1.82) is 0 Å². The number of carbonyl (C=O) groups excluding carboxylic acids is 2. The van der Waals surface area contributed by atoms with Crippen LogP contribution >= 0.6 is 11.3 Å². The average Bonchev–Trinajstić information content (AvgIpc) is 2.98. The Morgan fingerprint density at radius 1 is 1.32 bits per heavy atom. The highest BCUT2D eigenvalue weighted by Gasteiger charge is 2.11. The van der Waals surface area contributed by atoms with Crippen LogP contribution in [0.3, 0.4) is 0 Å². The van der Waals surface area contributed by atoms with Crippen molar-refractivity contribution in [2.24, 2.45) is 0 Å². The number of rotatable bonds is 4. The molecule has 25 heavy (non-hydrogen) atoms. The Hall–Kier alpha value is -3.00. The van der Waals surface area contributed by atoms with Crippen LogP contribution in [-0.4, -0.2) is 28.5 Å². The molecule has 2 heterocycles. The number of methoxy groups -OCH3 is 1. The summed E-state index contributed by atoms with van der Waals surface area (Å²) in [6.45, 7) is 1.73. The molecule has 0 saturated carbocycles. The minimum absolute atomic E-state index is 0.168. The predicted octanol–water partition coefficient (Wildman–Crippen LogP) is 2.19. The number of benzene rings is 1. The second-order valence-electron chi connectivity index (χ2n) is 5.37. The van der Waals surface area contributed by atoms with Gasteiger partial charge in [-0.25, -0.2) is 9.78 Å². The third kappa shape index (κ3) is 3.58. The summed E-state index contributed by atoms with van der Waals surface area (Å²) in [7, 11) is 1.29. The molecule has 0 atom stereocenters. The van der Waals surface area contributed by atoms with Crippen molar-refractivity contribution in [3.63, 3.8) is 0 Å². The van der Waals surface area contributed by atoms with Crippen molar-refractivity contribution in [2.45, 2.75) is 13.5 Å². The number of hydrogen-bond donors (Lipinski definition) is 1. The van der Waals surface area contributed by atoms with E-state index >= 15 is 0 Å². The molecule has 2 aromatic heterocycles. The SMILES string of the molecule is COC(=O)c1cccc(NC(=O)Cn2cnc3sc(C)cc3c2=O)c1. The van der Waals surface area contributed by atoms with E-state index in [0.717, 1.165) is 4.88 Å². The van der Waals surface area contributed by atoms with Gasteiger partial charge < -0.3 is 10.1 Å². The molecule has 0 radical (unpaired) electrons. The number of aromatic nitrogens is 2. The lowest BCUT2D eigenvalue weighted by Gasteiger charge is -2.08. The summed E-state index contributed by atoms with van der Waals surface area (Å²) in [6, 6.07) is 8.15. The van der Waals surface area contributed by atoms with E-state index in [0.29, 0.717) is 21.5 Å². The first-order chi connectivity index (χ1) is 12.0. The Kier molecular flexibility index (Phi) is 4.62. The number of thiophene rings is 1. The molecule has 0 unspecified atom stereocenters. The van der Waals surface area contributed by atoms with Gasteiger partial charge in [0.2, 0.25) is 5.91 Å². The fourth-order valence-corrected chi connectivity index (χ4v) is 3.23. The monoisotopic (exact) mass is 357 g/mol. The fourth-order valence-electron chi connectivity index (χ4n) is 2.39. The first-order valence-corrected chi connectivity index (χ1v) is 8.23. The number of esters is 1. The number of hydrogen-bond acceptors (Lipinski definition) is 6. The molecule has 0 spiro atoms. The molecule has 3 rings (SSSR count). The summed E-state index contributed by atoms with van der Waals surface area (Å²) < 4.78 is 5.90. The lowest BCUT2D eigenvalue weighted by Crippen LogP contribution is -2.27. The molecular weight excluding hydrogens is 342 g/mol. The third-order valence-corrected chi connectivity index (χ3v) is 4.48. The van der Waals surface area contributed by atoms with Gasteiger partial charge in [-0.3, -0.25) is 14.2 Å². The van der Waals surface area contributed by atoms with Gasteiger partial charge in [-0.2, -0.15) is 0 Å². The Bertz CT molecular complexity index is 1020. The molecule has 0 aliphatic heterocycles. The summed E-state index contributed by atoms with van der Waals surface area (Å²) in [4.78, 5) is 42.0. The second-order valence-corrected chi connectivity index (χ2v) is 6.61. The Morgan fingerprint density at radius 2 is 2.12 bits per heavy atom. The van der Waals surface area contributed by atoms with Gasteiger partial charge >= 0.3 is 5.97 Å². The minimum atomic E-state index is -0.491. The van der Waals surface area contributed by atoms with Crippen molar-refractivity contribution in [1.82, 2.24) is 9.55 Å². The van der Waals surface area contributed by atoms with Gasteiger partial charge in [-0.15, -0.1) is 11.3 Å². The zero-order valence-electron chi connectivity index (χ0n) is 13.6. The van der Waals surface area contributed by atoms with E-state index in [4.69, 9.17) is 0 Å². The van der Waals surface area contributed by atoms with Crippen molar-refractivity contribution >= 4 is 39.1 Å². The number of anilines is 1. The summed E-state index contributed by atoms with van der Waals surface area (Å²) >= 11 is 1.43. The van der Waals surface area contributed by atoms with E-state index in [-0.39, 0.29) is 12.1 Å². The second kappa shape index (κ2) is 6.86. The highest BCUT2D eigenvalue weighted by molar-refractivity contribution is 7.18. The normalized spacial score (nSPS) is 10.6. The molecule has 0 aliphatic carbocycles. The molecule has 7 nitrogen and oxygen atoms in total. The van der Waals surface area contributed by atoms with Gasteiger partial charge in [-0.05, 0) is 31.2 Å². The van der Waals surface area contributed by atoms with Gasteiger partial charge in [0.15, 0.2) is 0 Å². The van der Waals surface area contributed by atoms with E-state index in [1.54, 1.807) is 24.3 Å². The van der Waals surface area contributed by atoms with Crippen LogP contribution in [-0.2, 0) is 16.1 Å². The molecule has 1 aromatic carbocycles. The molecule has 0 bridgehead atoms. The molecule has 0 aliphatic rings. The van der Waals surface area contributed by atoms with Crippen LogP contribution in [0.4, 0.5) is 5.69 Å². The van der Waals surface area contributed by atoms with E-state index in [2.05, 4.69) is 15.0 Å². The molecule has 128 valence electrons. The third-order valence-electron chi connectivity index (χ3n) is 3.52. The predicted molar refractivity (Wildman–Crippen MR) is 95.0 cm³/mol. The Labute approximate surface area is 146 Å². The number of amides is 1. The fraction of sp³-hybridized carbons (Fsp3) is 0.176. The van der Waals surface area contributed by atoms with Crippen LogP contribution in [0.25, 0.3) is 10.2 Å². The molecule has 1 amide bonds. The molecule has 1 N–H and O–H groups in total. The van der Waals surface area contributed by atoms with E-state index in [1.807, 2.05) is 6.92 Å². The van der Waals surface area contributed by atoms with Crippen LogP contribution in [0.5, 0.6) is 0 Å². The summed E-state index contributed by atoms with van der Waals surface area (Å²) in [5, 5.41) is 3.16. The van der Waals surface area contributed by atoms with Crippen molar-refractivity contribution in [3.05, 3.63) is 57.5 Å². The van der Waals surface area contributed by atoms with E-state index < -0.39 is 11.9 Å². The number of carbonyl (C=O) groups is 2. The van der Waals surface area contributed by atoms with Gasteiger partial charge in [0.25, 0.3) is 5.56 Å². The average molecular weight is 357 g/mol. The first-order valence-electron chi connectivity index (χ1n) is 7.42. The zero-order chi connectivity index (χ0) is 18.0. The van der Waals surface area contributed by atoms with Crippen LogP contribution in [0.15, 0.2) is 41.5 Å². The number of aryl methyl sites for hydroxylation is 1. The Balaban J connectivity index is 1.78. The van der Waals surface area contributed by atoms with Crippen molar-refractivity contribution in [3.8, 4) is 0 Å².